The van der Waals surface area contributed by atoms with Crippen LogP contribution in [0.25, 0.3) is 0 Å². The van der Waals surface area contributed by atoms with E-state index >= 15 is 0 Å². The van der Waals surface area contributed by atoms with Crippen LogP contribution in [0.2, 0.25) is 0 Å². The Balaban J connectivity index is 1.48. The Kier molecular flexibility index (Phi) is 6.66. The average molecular weight is 374 g/mol. The highest BCUT2D eigenvalue weighted by molar-refractivity contribution is 5.81. The summed E-state index contributed by atoms with van der Waals surface area (Å²) in [5.74, 6) is 0.144. The Morgan fingerprint density at radius 3 is 2.22 bits per heavy atom. The van der Waals surface area contributed by atoms with Crippen molar-refractivity contribution >= 4 is 17.3 Å². The number of piperazine rings is 1. The first kappa shape index (κ1) is 19.6. The van der Waals surface area contributed by atoms with Gasteiger partial charge in [0.2, 0.25) is 5.91 Å². The third-order valence-electron chi connectivity index (χ3n) is 5.87. The number of nitrogens with one attached hydrogen (secondary N) is 1. The van der Waals surface area contributed by atoms with Crippen molar-refractivity contribution in [1.82, 2.24) is 10.2 Å². The lowest BCUT2D eigenvalue weighted by Gasteiger charge is -2.38. The number of hydrogen-bond acceptors (Lipinski definition) is 5. The number of nitrogens with zero attached hydrogens (tertiary/aromatic N) is 3. The minimum absolute atomic E-state index is 0.112. The van der Waals surface area contributed by atoms with Crippen molar-refractivity contribution in [3.8, 4) is 0 Å². The van der Waals surface area contributed by atoms with Gasteiger partial charge in [-0.1, -0.05) is 25.7 Å². The third kappa shape index (κ3) is 5.19. The molecule has 148 valence electrons. The van der Waals surface area contributed by atoms with Crippen LogP contribution in [0.5, 0.6) is 0 Å². The van der Waals surface area contributed by atoms with Gasteiger partial charge in [-0.05, 0) is 31.9 Å². The maximum atomic E-state index is 12.6. The molecule has 2 aliphatic rings. The van der Waals surface area contributed by atoms with Gasteiger partial charge in [0.25, 0.3) is 5.69 Å². The molecule has 7 nitrogen and oxygen atoms in total. The average Bonchev–Trinajstić information content (AvgIpc) is 2.96. The lowest BCUT2D eigenvalue weighted by atomic mass is 10.1. The molecule has 1 aromatic carbocycles. The molecule has 7 heteroatoms. The van der Waals surface area contributed by atoms with Gasteiger partial charge < -0.3 is 10.2 Å². The van der Waals surface area contributed by atoms with Crippen molar-refractivity contribution in [3.63, 3.8) is 0 Å². The topological polar surface area (TPSA) is 78.7 Å². The molecule has 27 heavy (non-hydrogen) atoms. The Morgan fingerprint density at radius 2 is 1.67 bits per heavy atom. The number of hydrogen-bond donors (Lipinski definition) is 1. The number of benzene rings is 1. The molecule has 0 bridgehead atoms. The second kappa shape index (κ2) is 9.17. The van der Waals surface area contributed by atoms with Gasteiger partial charge in [-0.15, -0.1) is 0 Å². The molecule has 0 radical (unpaired) electrons. The van der Waals surface area contributed by atoms with Crippen LogP contribution in [0.15, 0.2) is 24.3 Å². The maximum absolute atomic E-state index is 12.6. The summed E-state index contributed by atoms with van der Waals surface area (Å²) < 4.78 is 0. The van der Waals surface area contributed by atoms with E-state index in [2.05, 4.69) is 15.1 Å². The zero-order valence-corrected chi connectivity index (χ0v) is 16.1. The van der Waals surface area contributed by atoms with Crippen LogP contribution < -0.4 is 10.2 Å². The molecule has 0 spiro atoms. The number of amides is 1. The van der Waals surface area contributed by atoms with Crippen LogP contribution in [0.3, 0.4) is 0 Å². The number of nitro groups is 1. The molecular formula is C20H30N4O3. The molecule has 2 fully saturated rings. The van der Waals surface area contributed by atoms with E-state index < -0.39 is 0 Å². The summed E-state index contributed by atoms with van der Waals surface area (Å²) >= 11 is 0. The molecule has 0 aromatic heterocycles. The molecule has 1 atom stereocenters. The lowest BCUT2D eigenvalue weighted by Crippen LogP contribution is -2.55. The van der Waals surface area contributed by atoms with Crippen LogP contribution in [-0.4, -0.2) is 54.0 Å². The van der Waals surface area contributed by atoms with Crippen LogP contribution in [-0.2, 0) is 4.79 Å². The summed E-state index contributed by atoms with van der Waals surface area (Å²) in [5, 5.41) is 14.0. The minimum Gasteiger partial charge on any atom is -0.369 e. The first-order valence-corrected chi connectivity index (χ1v) is 10.1. The molecule has 1 heterocycles. The minimum atomic E-state index is -0.379. The molecular weight excluding hydrogens is 344 g/mol. The van der Waals surface area contributed by atoms with E-state index in [4.69, 9.17) is 0 Å². The molecule has 1 unspecified atom stereocenters. The largest absolute Gasteiger partial charge is 0.369 e. The van der Waals surface area contributed by atoms with Crippen molar-refractivity contribution in [2.75, 3.05) is 31.1 Å². The van der Waals surface area contributed by atoms with Gasteiger partial charge in [0.1, 0.15) is 0 Å². The summed E-state index contributed by atoms with van der Waals surface area (Å²) in [7, 11) is 0. The molecule has 1 saturated heterocycles. The Labute approximate surface area is 160 Å². The highest BCUT2D eigenvalue weighted by Crippen LogP contribution is 2.21. The zero-order valence-electron chi connectivity index (χ0n) is 16.1. The normalized spacial score (nSPS) is 20.7. The highest BCUT2D eigenvalue weighted by Gasteiger charge is 2.27. The molecule has 1 saturated carbocycles. The van der Waals surface area contributed by atoms with E-state index in [9.17, 15) is 14.9 Å². The summed E-state index contributed by atoms with van der Waals surface area (Å²) in [4.78, 5) is 27.5. The second-order valence-corrected chi connectivity index (χ2v) is 7.67. The van der Waals surface area contributed by atoms with E-state index in [1.54, 1.807) is 24.3 Å². The number of nitro benzene ring substituents is 1. The van der Waals surface area contributed by atoms with Crippen molar-refractivity contribution in [3.05, 3.63) is 34.4 Å². The van der Waals surface area contributed by atoms with Gasteiger partial charge in [-0.25, -0.2) is 0 Å². The van der Waals surface area contributed by atoms with Gasteiger partial charge in [0.05, 0.1) is 11.0 Å². The fraction of sp³-hybridized carbons (Fsp3) is 0.650. The van der Waals surface area contributed by atoms with Gasteiger partial charge in [-0.2, -0.15) is 0 Å². The fourth-order valence-corrected chi connectivity index (χ4v) is 4.06. The van der Waals surface area contributed by atoms with Crippen LogP contribution in [0, 0.1) is 10.1 Å². The first-order valence-electron chi connectivity index (χ1n) is 10.1. The Morgan fingerprint density at radius 1 is 1.07 bits per heavy atom. The molecule has 1 aliphatic heterocycles. The Hall–Kier alpha value is -2.15. The van der Waals surface area contributed by atoms with Crippen molar-refractivity contribution in [2.24, 2.45) is 0 Å². The molecule has 1 aromatic rings. The third-order valence-corrected chi connectivity index (χ3v) is 5.87. The van der Waals surface area contributed by atoms with Crippen molar-refractivity contribution < 1.29 is 9.72 Å². The summed E-state index contributed by atoms with van der Waals surface area (Å²) in [5.41, 5.74) is 1.11. The molecule has 1 N–H and O–H groups in total. The predicted octanol–water partition coefficient (Wildman–Crippen LogP) is 2.94. The number of anilines is 1. The zero-order chi connectivity index (χ0) is 19.2. The van der Waals surface area contributed by atoms with E-state index in [1.165, 1.54) is 25.7 Å². The van der Waals surface area contributed by atoms with E-state index in [1.807, 2.05) is 6.92 Å². The van der Waals surface area contributed by atoms with E-state index in [-0.39, 0.29) is 22.6 Å². The fourth-order valence-electron chi connectivity index (χ4n) is 4.06. The highest BCUT2D eigenvalue weighted by atomic mass is 16.6. The number of non-ortho nitro benzene ring substituents is 1. The lowest BCUT2D eigenvalue weighted by molar-refractivity contribution is -0.384. The molecule has 1 amide bonds. The summed E-state index contributed by atoms with van der Waals surface area (Å²) in [6.45, 7) is 5.26. The van der Waals surface area contributed by atoms with Gasteiger partial charge >= 0.3 is 0 Å². The van der Waals surface area contributed by atoms with Gasteiger partial charge in [0.15, 0.2) is 0 Å². The molecule has 3 rings (SSSR count). The van der Waals surface area contributed by atoms with Crippen molar-refractivity contribution in [2.45, 2.75) is 57.5 Å². The van der Waals surface area contributed by atoms with Crippen LogP contribution in [0.1, 0.15) is 45.4 Å². The molecule has 1 aliphatic carbocycles. The quantitative estimate of drug-likeness (QED) is 0.487. The summed E-state index contributed by atoms with van der Waals surface area (Å²) in [6, 6.07) is 6.91. The van der Waals surface area contributed by atoms with Gasteiger partial charge in [0, 0.05) is 50.0 Å². The number of rotatable bonds is 5. The predicted molar refractivity (Wildman–Crippen MR) is 106 cm³/mol. The second-order valence-electron chi connectivity index (χ2n) is 7.67. The maximum Gasteiger partial charge on any atom is 0.269 e. The van der Waals surface area contributed by atoms with Gasteiger partial charge in [-0.3, -0.25) is 19.8 Å². The summed E-state index contributed by atoms with van der Waals surface area (Å²) in [6.07, 6.45) is 7.21. The van der Waals surface area contributed by atoms with E-state index in [0.29, 0.717) is 6.04 Å². The SMILES string of the molecule is CC(C(=O)NC1CCCCCC1)N1CCN(c2ccc([N+](=O)[O-])cc2)CC1. The number of carbonyl (C=O) groups is 1. The Bertz CT molecular complexity index is 633. The smallest absolute Gasteiger partial charge is 0.269 e. The standard InChI is InChI=1S/C20H30N4O3/c1-16(20(25)21-17-6-4-2-3-5-7-17)22-12-14-23(15-13-22)18-8-10-19(11-9-18)24(26)27/h8-11,16-17H,2-7,12-15H2,1H3,(H,21,25). The monoisotopic (exact) mass is 374 g/mol. The van der Waals surface area contributed by atoms with Crippen molar-refractivity contribution in [1.29, 1.82) is 0 Å². The van der Waals surface area contributed by atoms with Crippen LogP contribution >= 0.6 is 0 Å². The first-order chi connectivity index (χ1) is 13.0. The van der Waals surface area contributed by atoms with E-state index in [0.717, 1.165) is 44.7 Å². The number of carbonyl (C=O) groups excluding carboxylic acids is 1. The van der Waals surface area contributed by atoms with Crippen LogP contribution in [0.4, 0.5) is 11.4 Å².